The van der Waals surface area contributed by atoms with E-state index in [9.17, 15) is 5.11 Å². The van der Waals surface area contributed by atoms with Gasteiger partial charge in [0.15, 0.2) is 0 Å². The monoisotopic (exact) mass is 333 g/mol. The van der Waals surface area contributed by atoms with Crippen molar-refractivity contribution in [1.82, 2.24) is 14.7 Å². The first kappa shape index (κ1) is 16.1. The second kappa shape index (κ2) is 7.21. The normalized spacial score (nSPS) is 17.9. The van der Waals surface area contributed by atoms with E-state index in [2.05, 4.69) is 47.5 Å². The van der Waals surface area contributed by atoms with E-state index in [1.54, 1.807) is 0 Å². The molecule has 0 aliphatic carbocycles. The maximum atomic E-state index is 9.39. The molecule has 1 unspecified atom stereocenters. The summed E-state index contributed by atoms with van der Waals surface area (Å²) in [7, 11) is 0. The van der Waals surface area contributed by atoms with Crippen LogP contribution < -0.4 is 0 Å². The number of para-hydroxylation sites is 1. The molecule has 1 fully saturated rings. The minimum Gasteiger partial charge on any atom is -0.396 e. The van der Waals surface area contributed by atoms with E-state index in [0.29, 0.717) is 5.92 Å². The summed E-state index contributed by atoms with van der Waals surface area (Å²) >= 11 is 0. The van der Waals surface area contributed by atoms with Crippen LogP contribution in [-0.2, 0) is 6.54 Å². The molecule has 1 aromatic heterocycles. The smallest absolute Gasteiger partial charge is 0.0972 e. The Labute approximate surface area is 148 Å². The van der Waals surface area contributed by atoms with E-state index in [1.165, 1.54) is 5.56 Å². The molecule has 2 heterocycles. The Bertz CT molecular complexity index is 814. The molecule has 0 spiro atoms. The molecule has 0 amide bonds. The van der Waals surface area contributed by atoms with Gasteiger partial charge in [-0.05, 0) is 31.0 Å². The van der Waals surface area contributed by atoms with Gasteiger partial charge in [-0.25, -0.2) is 4.68 Å². The second-order valence-electron chi connectivity index (χ2n) is 6.72. The summed E-state index contributed by atoms with van der Waals surface area (Å²) in [4.78, 5) is 2.42. The van der Waals surface area contributed by atoms with Crippen molar-refractivity contribution in [3.63, 3.8) is 0 Å². The van der Waals surface area contributed by atoms with Crippen LogP contribution in [0.4, 0.5) is 0 Å². The molecule has 0 bridgehead atoms. The first-order chi connectivity index (χ1) is 12.3. The molecule has 4 heteroatoms. The SMILES string of the molecule is OCC1CCN(Cc2cn(-c3ccccc3)nc2-c2ccccc2)C1. The van der Waals surface area contributed by atoms with E-state index in [1.807, 2.05) is 28.9 Å². The number of likely N-dealkylation sites (tertiary alicyclic amines) is 1. The minimum absolute atomic E-state index is 0.283. The standard InChI is InChI=1S/C21H23N3O/c25-16-17-11-12-23(13-17)14-19-15-24(20-9-5-2-6-10-20)22-21(19)18-7-3-1-4-8-18/h1-10,15,17,25H,11-14,16H2. The number of nitrogens with zero attached hydrogens (tertiary/aromatic N) is 3. The maximum Gasteiger partial charge on any atom is 0.0972 e. The van der Waals surface area contributed by atoms with Crippen molar-refractivity contribution in [2.45, 2.75) is 13.0 Å². The fraction of sp³-hybridized carbons (Fsp3) is 0.286. The van der Waals surface area contributed by atoms with E-state index in [4.69, 9.17) is 5.10 Å². The molecule has 1 saturated heterocycles. The van der Waals surface area contributed by atoms with Crippen LogP contribution in [-0.4, -0.2) is 39.5 Å². The van der Waals surface area contributed by atoms with Crippen molar-refractivity contribution in [3.05, 3.63) is 72.4 Å². The zero-order chi connectivity index (χ0) is 17.1. The first-order valence-electron chi connectivity index (χ1n) is 8.86. The van der Waals surface area contributed by atoms with Crippen LogP contribution in [0.25, 0.3) is 16.9 Å². The number of aliphatic hydroxyl groups is 1. The maximum absolute atomic E-state index is 9.39. The van der Waals surface area contributed by atoms with Crippen LogP contribution in [0, 0.1) is 5.92 Å². The molecule has 3 aromatic rings. The van der Waals surface area contributed by atoms with Crippen LogP contribution in [0.3, 0.4) is 0 Å². The third kappa shape index (κ3) is 3.50. The third-order valence-electron chi connectivity index (χ3n) is 4.88. The van der Waals surface area contributed by atoms with Crippen LogP contribution in [0.2, 0.25) is 0 Å². The molecule has 4 rings (SSSR count). The van der Waals surface area contributed by atoms with Gasteiger partial charge in [0.05, 0.1) is 11.4 Å². The number of hydrogen-bond donors (Lipinski definition) is 1. The van der Waals surface area contributed by atoms with Crippen LogP contribution in [0.15, 0.2) is 66.9 Å². The average Bonchev–Trinajstić information content (AvgIpc) is 3.30. The van der Waals surface area contributed by atoms with Crippen LogP contribution in [0.1, 0.15) is 12.0 Å². The van der Waals surface area contributed by atoms with Gasteiger partial charge < -0.3 is 5.11 Å². The summed E-state index contributed by atoms with van der Waals surface area (Å²) in [6.07, 6.45) is 3.22. The molecule has 1 aliphatic rings. The first-order valence-corrected chi connectivity index (χ1v) is 8.86. The molecule has 0 saturated carbocycles. The Morgan fingerprint density at radius 1 is 1.00 bits per heavy atom. The zero-order valence-electron chi connectivity index (χ0n) is 14.3. The second-order valence-corrected chi connectivity index (χ2v) is 6.72. The van der Waals surface area contributed by atoms with Crippen molar-refractivity contribution in [2.75, 3.05) is 19.7 Å². The van der Waals surface area contributed by atoms with Gasteiger partial charge in [0.2, 0.25) is 0 Å². The molecule has 1 N–H and O–H groups in total. The van der Waals surface area contributed by atoms with Crippen molar-refractivity contribution in [3.8, 4) is 16.9 Å². The highest BCUT2D eigenvalue weighted by Crippen LogP contribution is 2.26. The lowest BCUT2D eigenvalue weighted by molar-refractivity contribution is 0.220. The fourth-order valence-corrected chi connectivity index (χ4v) is 3.52. The lowest BCUT2D eigenvalue weighted by Crippen LogP contribution is -2.21. The van der Waals surface area contributed by atoms with Crippen LogP contribution in [0.5, 0.6) is 0 Å². The largest absolute Gasteiger partial charge is 0.396 e. The van der Waals surface area contributed by atoms with E-state index in [-0.39, 0.29) is 6.61 Å². The Kier molecular flexibility index (Phi) is 4.63. The predicted octanol–water partition coefficient (Wildman–Crippen LogP) is 3.35. The van der Waals surface area contributed by atoms with E-state index >= 15 is 0 Å². The zero-order valence-corrected chi connectivity index (χ0v) is 14.3. The number of aliphatic hydroxyl groups excluding tert-OH is 1. The van der Waals surface area contributed by atoms with Gasteiger partial charge in [-0.3, -0.25) is 4.90 Å². The molecule has 4 nitrogen and oxygen atoms in total. The van der Waals surface area contributed by atoms with Crippen molar-refractivity contribution >= 4 is 0 Å². The van der Waals surface area contributed by atoms with Crippen molar-refractivity contribution in [2.24, 2.45) is 5.92 Å². The number of aromatic nitrogens is 2. The van der Waals surface area contributed by atoms with Gasteiger partial charge >= 0.3 is 0 Å². The quantitative estimate of drug-likeness (QED) is 0.778. The van der Waals surface area contributed by atoms with Gasteiger partial charge in [0.1, 0.15) is 0 Å². The molecule has 128 valence electrons. The highest BCUT2D eigenvalue weighted by atomic mass is 16.3. The molecule has 2 aromatic carbocycles. The number of benzene rings is 2. The van der Waals surface area contributed by atoms with E-state index < -0.39 is 0 Å². The number of rotatable bonds is 5. The highest BCUT2D eigenvalue weighted by molar-refractivity contribution is 5.63. The summed E-state index contributed by atoms with van der Waals surface area (Å²) in [5.74, 6) is 0.407. The molecule has 0 radical (unpaired) electrons. The van der Waals surface area contributed by atoms with Crippen molar-refractivity contribution < 1.29 is 5.11 Å². The van der Waals surface area contributed by atoms with Gasteiger partial charge in [-0.15, -0.1) is 0 Å². The van der Waals surface area contributed by atoms with Crippen LogP contribution >= 0.6 is 0 Å². The summed E-state index contributed by atoms with van der Waals surface area (Å²) < 4.78 is 1.97. The summed E-state index contributed by atoms with van der Waals surface area (Å²) in [6.45, 7) is 3.15. The highest BCUT2D eigenvalue weighted by Gasteiger charge is 2.23. The van der Waals surface area contributed by atoms with Gasteiger partial charge in [0, 0.05) is 37.0 Å². The molecule has 1 aliphatic heterocycles. The third-order valence-corrected chi connectivity index (χ3v) is 4.88. The molecular formula is C21H23N3O. The van der Waals surface area contributed by atoms with Gasteiger partial charge in [-0.2, -0.15) is 5.10 Å². The fourth-order valence-electron chi connectivity index (χ4n) is 3.52. The van der Waals surface area contributed by atoms with E-state index in [0.717, 1.165) is 43.0 Å². The van der Waals surface area contributed by atoms with Crippen molar-refractivity contribution in [1.29, 1.82) is 0 Å². The lowest BCUT2D eigenvalue weighted by Gasteiger charge is -2.15. The lowest BCUT2D eigenvalue weighted by atomic mass is 10.1. The Morgan fingerprint density at radius 2 is 1.72 bits per heavy atom. The average molecular weight is 333 g/mol. The Hall–Kier alpha value is -2.43. The molecular weight excluding hydrogens is 310 g/mol. The molecule has 1 atom stereocenters. The molecule has 25 heavy (non-hydrogen) atoms. The van der Waals surface area contributed by atoms with Gasteiger partial charge in [-0.1, -0.05) is 48.5 Å². The Morgan fingerprint density at radius 3 is 2.40 bits per heavy atom. The summed E-state index contributed by atoms with van der Waals surface area (Å²) in [6, 6.07) is 20.6. The Balaban J connectivity index is 1.67. The topological polar surface area (TPSA) is 41.3 Å². The summed E-state index contributed by atoms with van der Waals surface area (Å²) in [5.41, 5.74) is 4.48. The minimum atomic E-state index is 0.283. The van der Waals surface area contributed by atoms with Gasteiger partial charge in [0.25, 0.3) is 0 Å². The summed E-state index contributed by atoms with van der Waals surface area (Å²) in [5, 5.41) is 14.3. The predicted molar refractivity (Wildman–Crippen MR) is 99.5 cm³/mol. The number of hydrogen-bond acceptors (Lipinski definition) is 3.